The van der Waals surface area contributed by atoms with Crippen molar-refractivity contribution in [3.63, 3.8) is 0 Å². The number of nitrogens with two attached hydrogens (primary N) is 1. The van der Waals surface area contributed by atoms with Crippen LogP contribution in [0.4, 0.5) is 5.82 Å². The first-order chi connectivity index (χ1) is 11.8. The van der Waals surface area contributed by atoms with E-state index in [0.29, 0.717) is 5.82 Å². The first-order valence-corrected chi connectivity index (χ1v) is 8.46. The lowest BCUT2D eigenvalue weighted by Gasteiger charge is -2.20. The molecule has 2 aromatic heterocycles. The number of pyridine rings is 1. The average Bonchev–Trinajstić information content (AvgIpc) is 3.02. The number of nitrogen functional groups attached to an aromatic ring is 1. The van der Waals surface area contributed by atoms with Crippen molar-refractivity contribution in [3.05, 3.63) is 53.6 Å². The van der Waals surface area contributed by atoms with Crippen LogP contribution in [0.1, 0.15) is 24.0 Å². The van der Waals surface area contributed by atoms with Crippen molar-refractivity contribution in [1.29, 1.82) is 0 Å². The maximum absolute atomic E-state index is 6.11. The van der Waals surface area contributed by atoms with E-state index in [9.17, 15) is 0 Å². The molecule has 5 rings (SSSR count). The van der Waals surface area contributed by atoms with Gasteiger partial charge in [-0.25, -0.2) is 4.98 Å². The van der Waals surface area contributed by atoms with Crippen molar-refractivity contribution in [2.24, 2.45) is 0 Å². The molecule has 4 nitrogen and oxygen atoms in total. The fraction of sp³-hybridized carbons (Fsp3) is 0.200. The molecule has 2 aromatic carbocycles. The molecule has 0 spiro atoms. The van der Waals surface area contributed by atoms with Crippen molar-refractivity contribution in [1.82, 2.24) is 15.2 Å². The number of benzene rings is 2. The number of hydrogen-bond donors (Lipinski definition) is 2. The minimum atomic E-state index is 0.640. The molecular weight excluding hydrogens is 296 g/mol. The zero-order valence-electron chi connectivity index (χ0n) is 13.3. The van der Waals surface area contributed by atoms with Crippen LogP contribution in [0.5, 0.6) is 0 Å². The van der Waals surface area contributed by atoms with E-state index < -0.39 is 0 Å². The third kappa shape index (κ3) is 1.92. The molecule has 0 atom stereocenters. The van der Waals surface area contributed by atoms with Crippen molar-refractivity contribution >= 4 is 27.6 Å². The van der Waals surface area contributed by atoms with Crippen molar-refractivity contribution in [2.45, 2.75) is 25.7 Å². The molecule has 3 N–H and O–H groups in total. The van der Waals surface area contributed by atoms with E-state index in [2.05, 4.69) is 52.7 Å². The third-order valence-electron chi connectivity index (χ3n) is 5.07. The van der Waals surface area contributed by atoms with Crippen molar-refractivity contribution in [2.75, 3.05) is 5.73 Å². The minimum Gasteiger partial charge on any atom is -0.384 e. The van der Waals surface area contributed by atoms with Gasteiger partial charge in [-0.2, -0.15) is 5.10 Å². The molecule has 1 aliphatic carbocycles. The lowest BCUT2D eigenvalue weighted by atomic mass is 9.87. The Bertz CT molecular complexity index is 1080. The van der Waals surface area contributed by atoms with E-state index in [1.807, 2.05) is 0 Å². The molecule has 0 fully saturated rings. The van der Waals surface area contributed by atoms with Gasteiger partial charge in [-0.3, -0.25) is 5.10 Å². The molecule has 118 valence electrons. The van der Waals surface area contributed by atoms with Gasteiger partial charge in [-0.05, 0) is 53.6 Å². The SMILES string of the molecule is Nc1[nH]nc2nc(-c3ccc4ccccc4c3)c3c(c12)CCCC3. The van der Waals surface area contributed by atoms with Gasteiger partial charge in [0.05, 0.1) is 11.1 Å². The summed E-state index contributed by atoms with van der Waals surface area (Å²) in [6.45, 7) is 0. The number of hydrogen-bond acceptors (Lipinski definition) is 3. The van der Waals surface area contributed by atoms with Crippen molar-refractivity contribution < 1.29 is 0 Å². The zero-order valence-corrected chi connectivity index (χ0v) is 13.3. The predicted octanol–water partition coefficient (Wildman–Crippen LogP) is 4.24. The molecule has 0 amide bonds. The number of H-pyrrole nitrogens is 1. The number of nitrogens with one attached hydrogen (secondary N) is 1. The highest BCUT2D eigenvalue weighted by molar-refractivity contribution is 5.94. The van der Waals surface area contributed by atoms with Gasteiger partial charge in [0.2, 0.25) is 0 Å². The van der Waals surface area contributed by atoms with Gasteiger partial charge in [-0.15, -0.1) is 0 Å². The lowest BCUT2D eigenvalue weighted by Crippen LogP contribution is -2.07. The van der Waals surface area contributed by atoms with Crippen LogP contribution in [0.15, 0.2) is 42.5 Å². The Hall–Kier alpha value is -2.88. The largest absolute Gasteiger partial charge is 0.384 e. The van der Waals surface area contributed by atoms with Gasteiger partial charge in [-0.1, -0.05) is 36.4 Å². The van der Waals surface area contributed by atoms with Gasteiger partial charge in [0.1, 0.15) is 5.82 Å². The van der Waals surface area contributed by atoms with Gasteiger partial charge in [0.25, 0.3) is 0 Å². The van der Waals surface area contributed by atoms with Crippen LogP contribution in [-0.2, 0) is 12.8 Å². The second-order valence-corrected chi connectivity index (χ2v) is 6.52. The molecule has 1 aliphatic rings. The van der Waals surface area contributed by atoms with E-state index in [-0.39, 0.29) is 0 Å². The molecule has 2 heterocycles. The van der Waals surface area contributed by atoms with Crippen LogP contribution in [0.2, 0.25) is 0 Å². The number of aromatic nitrogens is 3. The highest BCUT2D eigenvalue weighted by atomic mass is 15.2. The summed E-state index contributed by atoms with van der Waals surface area (Å²) < 4.78 is 0. The quantitative estimate of drug-likeness (QED) is 0.552. The summed E-state index contributed by atoms with van der Waals surface area (Å²) in [5.74, 6) is 0.640. The van der Waals surface area contributed by atoms with Gasteiger partial charge in [0, 0.05) is 5.56 Å². The second-order valence-electron chi connectivity index (χ2n) is 6.52. The number of aryl methyl sites for hydroxylation is 1. The van der Waals surface area contributed by atoms with Crippen LogP contribution in [0.3, 0.4) is 0 Å². The number of fused-ring (bicyclic) bond motifs is 4. The first kappa shape index (κ1) is 13.5. The van der Waals surface area contributed by atoms with E-state index in [0.717, 1.165) is 35.1 Å². The summed E-state index contributed by atoms with van der Waals surface area (Å²) >= 11 is 0. The van der Waals surface area contributed by atoms with Crippen LogP contribution >= 0.6 is 0 Å². The number of nitrogens with zero attached hydrogens (tertiary/aromatic N) is 2. The maximum atomic E-state index is 6.11. The minimum absolute atomic E-state index is 0.640. The van der Waals surface area contributed by atoms with Crippen LogP contribution in [0, 0.1) is 0 Å². The van der Waals surface area contributed by atoms with Gasteiger partial charge >= 0.3 is 0 Å². The molecule has 4 aromatic rings. The Morgan fingerprint density at radius 2 is 1.71 bits per heavy atom. The van der Waals surface area contributed by atoms with Crippen LogP contribution in [0.25, 0.3) is 33.1 Å². The molecule has 0 aliphatic heterocycles. The fourth-order valence-electron chi connectivity index (χ4n) is 3.92. The molecule has 0 saturated heterocycles. The smallest absolute Gasteiger partial charge is 0.183 e. The topological polar surface area (TPSA) is 67.6 Å². The Kier molecular flexibility index (Phi) is 2.86. The maximum Gasteiger partial charge on any atom is 0.183 e. The molecule has 4 heteroatoms. The van der Waals surface area contributed by atoms with E-state index >= 15 is 0 Å². The third-order valence-corrected chi connectivity index (χ3v) is 5.07. The standard InChI is InChI=1S/C20H18N4/c21-19-17-15-7-3-4-8-16(15)18(22-20(17)24-23-19)14-10-9-12-5-1-2-6-13(12)11-14/h1-2,5-6,9-11H,3-4,7-8H2,(H3,21,22,23,24). The molecule has 24 heavy (non-hydrogen) atoms. The van der Waals surface area contributed by atoms with E-state index in [1.54, 1.807) is 0 Å². The normalized spacial score (nSPS) is 14.2. The molecule has 0 radical (unpaired) electrons. The van der Waals surface area contributed by atoms with Crippen molar-refractivity contribution in [3.8, 4) is 11.3 Å². The monoisotopic (exact) mass is 314 g/mol. The highest BCUT2D eigenvalue weighted by Gasteiger charge is 2.22. The molecule has 0 bridgehead atoms. The Balaban J connectivity index is 1.81. The fourth-order valence-corrected chi connectivity index (χ4v) is 3.92. The number of rotatable bonds is 1. The van der Waals surface area contributed by atoms with Gasteiger partial charge in [0.15, 0.2) is 5.65 Å². The summed E-state index contributed by atoms with van der Waals surface area (Å²) in [7, 11) is 0. The first-order valence-electron chi connectivity index (χ1n) is 8.46. The number of aromatic amines is 1. The predicted molar refractivity (Wildman–Crippen MR) is 97.9 cm³/mol. The summed E-state index contributed by atoms with van der Waals surface area (Å²) in [4.78, 5) is 4.86. The summed E-state index contributed by atoms with van der Waals surface area (Å²) in [6, 6.07) is 15.0. The summed E-state index contributed by atoms with van der Waals surface area (Å²) in [5.41, 5.74) is 11.7. The average molecular weight is 314 g/mol. The lowest BCUT2D eigenvalue weighted by molar-refractivity contribution is 0.689. The van der Waals surface area contributed by atoms with E-state index in [1.165, 1.54) is 34.7 Å². The van der Waals surface area contributed by atoms with Gasteiger partial charge < -0.3 is 5.73 Å². The highest BCUT2D eigenvalue weighted by Crippen LogP contribution is 2.37. The molecular formula is C20H18N4. The molecule has 0 unspecified atom stereocenters. The summed E-state index contributed by atoms with van der Waals surface area (Å²) in [6.07, 6.45) is 4.52. The molecule has 0 saturated carbocycles. The van der Waals surface area contributed by atoms with Crippen LogP contribution in [-0.4, -0.2) is 15.2 Å². The number of anilines is 1. The Morgan fingerprint density at radius 3 is 2.58 bits per heavy atom. The summed E-state index contributed by atoms with van der Waals surface area (Å²) in [5, 5.41) is 10.7. The van der Waals surface area contributed by atoms with E-state index in [4.69, 9.17) is 10.7 Å². The Labute approximate surface area is 139 Å². The second kappa shape index (κ2) is 5.06. The Morgan fingerprint density at radius 1 is 0.917 bits per heavy atom. The zero-order chi connectivity index (χ0) is 16.1. The van der Waals surface area contributed by atoms with Crippen LogP contribution < -0.4 is 5.73 Å².